The summed E-state index contributed by atoms with van der Waals surface area (Å²) in [5.74, 6) is -0.717. The lowest BCUT2D eigenvalue weighted by atomic mass is 9.98. The van der Waals surface area contributed by atoms with Crippen molar-refractivity contribution in [1.29, 1.82) is 0 Å². The van der Waals surface area contributed by atoms with E-state index in [1.54, 1.807) is 0 Å². The van der Waals surface area contributed by atoms with Gasteiger partial charge in [0.1, 0.15) is 0 Å². The first-order chi connectivity index (χ1) is 18.0. The number of unbranched alkanes of at least 4 members (excludes halogenated alkanes) is 16. The highest BCUT2D eigenvalue weighted by Crippen LogP contribution is 2.15. The molecule has 5 N–H and O–H groups in total. The first-order valence-corrected chi connectivity index (χ1v) is 15.5. The molecule has 0 unspecified atom stereocenters. The molecule has 1 amide bonds. The molecule has 0 spiro atoms. The highest BCUT2D eigenvalue weighted by atomic mass is 35.5. The summed E-state index contributed by atoms with van der Waals surface area (Å²) >= 11 is 0. The number of esters is 1. The Bertz CT molecular complexity index is 572. The van der Waals surface area contributed by atoms with Crippen LogP contribution in [-0.2, 0) is 14.3 Å². The summed E-state index contributed by atoms with van der Waals surface area (Å²) in [5, 5.41) is 2.99. The smallest absolute Gasteiger partial charge is 0.306 e. The second-order valence-electron chi connectivity index (χ2n) is 10.5. The van der Waals surface area contributed by atoms with E-state index in [4.69, 9.17) is 16.2 Å². The van der Waals surface area contributed by atoms with E-state index >= 15 is 0 Å². The molecule has 0 fully saturated rings. The van der Waals surface area contributed by atoms with Gasteiger partial charge in [0.05, 0.1) is 13.0 Å². The van der Waals surface area contributed by atoms with Crippen molar-refractivity contribution in [2.75, 3.05) is 19.7 Å². The first-order valence-electron chi connectivity index (χ1n) is 15.5. The minimum Gasteiger partial charge on any atom is -0.466 e. The van der Waals surface area contributed by atoms with Gasteiger partial charge in [-0.15, -0.1) is 12.4 Å². The zero-order valence-electron chi connectivity index (χ0n) is 24.8. The normalized spacial score (nSPS) is 11.4. The molecule has 38 heavy (non-hydrogen) atoms. The lowest BCUT2D eigenvalue weighted by molar-refractivity contribution is -0.147. The molecule has 0 aliphatic rings. The fraction of sp³-hybridized carbons (Fsp3) is 0.900. The van der Waals surface area contributed by atoms with Crippen LogP contribution in [-0.4, -0.2) is 37.5 Å². The molecule has 0 radical (unpaired) electrons. The molecule has 0 heterocycles. The quantitative estimate of drug-likeness (QED) is 0.0425. The second-order valence-corrected chi connectivity index (χ2v) is 10.5. The molecule has 226 valence electrons. The first kappa shape index (κ1) is 38.6. The van der Waals surface area contributed by atoms with Gasteiger partial charge in [0.15, 0.2) is 5.96 Å². The van der Waals surface area contributed by atoms with E-state index in [0.717, 1.165) is 32.1 Å². The average Bonchev–Trinajstić information content (AvgIpc) is 2.87. The minimum atomic E-state index is -0.399. The third kappa shape index (κ3) is 27.5. The van der Waals surface area contributed by atoms with Gasteiger partial charge in [0.2, 0.25) is 5.91 Å². The van der Waals surface area contributed by atoms with E-state index in [-0.39, 0.29) is 36.7 Å². The van der Waals surface area contributed by atoms with Gasteiger partial charge in [-0.05, 0) is 25.7 Å². The number of guanidine groups is 1. The third-order valence-corrected chi connectivity index (χ3v) is 6.88. The molecule has 0 aliphatic carbocycles. The number of hydrogen-bond acceptors (Lipinski definition) is 4. The number of hydrogen-bond donors (Lipinski definition) is 3. The summed E-state index contributed by atoms with van der Waals surface area (Å²) in [6.45, 7) is 5.97. The van der Waals surface area contributed by atoms with Crippen molar-refractivity contribution in [2.24, 2.45) is 22.4 Å². The Morgan fingerprint density at radius 2 is 1.18 bits per heavy atom. The van der Waals surface area contributed by atoms with Crippen molar-refractivity contribution in [1.82, 2.24) is 5.32 Å². The van der Waals surface area contributed by atoms with Crippen LogP contribution >= 0.6 is 12.4 Å². The molecule has 8 heteroatoms. The van der Waals surface area contributed by atoms with Gasteiger partial charge in [-0.25, -0.2) is 0 Å². The minimum absolute atomic E-state index is 0. The highest BCUT2D eigenvalue weighted by Gasteiger charge is 2.22. The van der Waals surface area contributed by atoms with E-state index in [1.807, 2.05) is 0 Å². The van der Waals surface area contributed by atoms with Crippen molar-refractivity contribution in [3.8, 4) is 0 Å². The molecule has 0 aliphatic heterocycles. The van der Waals surface area contributed by atoms with Crippen molar-refractivity contribution < 1.29 is 14.3 Å². The summed E-state index contributed by atoms with van der Waals surface area (Å²) in [6, 6.07) is 0. The number of rotatable bonds is 27. The van der Waals surface area contributed by atoms with Gasteiger partial charge in [0.25, 0.3) is 0 Å². The lowest BCUT2D eigenvalue weighted by Crippen LogP contribution is -2.33. The molecule has 7 nitrogen and oxygen atoms in total. The molecule has 0 saturated heterocycles. The Morgan fingerprint density at radius 3 is 1.68 bits per heavy atom. The van der Waals surface area contributed by atoms with Crippen LogP contribution < -0.4 is 16.8 Å². The van der Waals surface area contributed by atoms with Gasteiger partial charge in [-0.3, -0.25) is 14.6 Å². The van der Waals surface area contributed by atoms with Crippen LogP contribution in [0.1, 0.15) is 149 Å². The summed E-state index contributed by atoms with van der Waals surface area (Å²) in [5.41, 5.74) is 10.8. The number of halogens is 1. The molecule has 0 saturated carbocycles. The van der Waals surface area contributed by atoms with E-state index in [0.29, 0.717) is 32.5 Å². The van der Waals surface area contributed by atoms with Gasteiger partial charge in [0, 0.05) is 19.0 Å². The van der Waals surface area contributed by atoms with Crippen molar-refractivity contribution >= 4 is 30.2 Å². The van der Waals surface area contributed by atoms with Crippen LogP contribution in [0.4, 0.5) is 0 Å². The van der Waals surface area contributed by atoms with Crippen LogP contribution in [0.15, 0.2) is 4.99 Å². The molecule has 0 rings (SSSR count). The largest absolute Gasteiger partial charge is 0.466 e. The Balaban J connectivity index is 0. The highest BCUT2D eigenvalue weighted by molar-refractivity contribution is 5.85. The van der Waals surface area contributed by atoms with Crippen molar-refractivity contribution in [3.63, 3.8) is 0 Å². The van der Waals surface area contributed by atoms with Crippen LogP contribution in [0.3, 0.4) is 0 Å². The molecule has 1 atom stereocenters. The van der Waals surface area contributed by atoms with Gasteiger partial charge in [-0.2, -0.15) is 0 Å². The number of aliphatic imine (C=N–C) groups is 1. The van der Waals surface area contributed by atoms with E-state index in [2.05, 4.69) is 24.2 Å². The molecular formula is C30H61ClN4O3. The predicted octanol–water partition coefficient (Wildman–Crippen LogP) is 7.19. The van der Waals surface area contributed by atoms with E-state index in [9.17, 15) is 9.59 Å². The number of amides is 1. The topological polar surface area (TPSA) is 120 Å². The van der Waals surface area contributed by atoms with E-state index < -0.39 is 5.92 Å². The van der Waals surface area contributed by atoms with Crippen LogP contribution in [0.25, 0.3) is 0 Å². The van der Waals surface area contributed by atoms with Gasteiger partial charge in [-0.1, -0.05) is 117 Å². The summed E-state index contributed by atoms with van der Waals surface area (Å²) in [4.78, 5) is 29.0. The number of carbonyl (C=O) groups excluding carboxylic acids is 2. The predicted molar refractivity (Wildman–Crippen MR) is 164 cm³/mol. The standard InChI is InChI=1S/C30H60N4O3.ClH/c1-3-5-7-9-10-11-12-13-14-15-16-17-18-20-25-37-28(35)26-27(22-21-24-34-30(31)32)29(36)33-23-19-8-6-4-2;/h27H,3-26H2,1-2H3,(H,33,36)(H4,31,32,34);1H/t27-;/m1./s1. The van der Waals surface area contributed by atoms with E-state index in [1.165, 1.54) is 83.5 Å². The Kier molecular flexibility index (Phi) is 30.6. The average molecular weight is 561 g/mol. The molecule has 0 aromatic carbocycles. The number of ether oxygens (including phenoxy) is 1. The molecular weight excluding hydrogens is 500 g/mol. The number of carbonyl (C=O) groups is 2. The van der Waals surface area contributed by atoms with Crippen molar-refractivity contribution in [2.45, 2.75) is 149 Å². The fourth-order valence-corrected chi connectivity index (χ4v) is 4.52. The SMILES string of the molecule is CCCCCCCCCCCCCCCCOC(=O)C[C@@H](CCCN=C(N)N)C(=O)NCCCCCC.Cl. The Labute approximate surface area is 240 Å². The lowest BCUT2D eigenvalue weighted by Gasteiger charge is -2.16. The van der Waals surface area contributed by atoms with Crippen LogP contribution in [0.2, 0.25) is 0 Å². The maximum atomic E-state index is 12.6. The number of nitrogens with zero attached hydrogens (tertiary/aromatic N) is 1. The summed E-state index contributed by atoms with van der Waals surface area (Å²) in [6.07, 6.45) is 23.9. The zero-order valence-corrected chi connectivity index (χ0v) is 25.6. The number of nitrogens with one attached hydrogen (secondary N) is 1. The molecule has 0 aromatic heterocycles. The van der Waals surface area contributed by atoms with Crippen LogP contribution in [0, 0.1) is 5.92 Å². The Morgan fingerprint density at radius 1 is 0.711 bits per heavy atom. The Hall–Kier alpha value is -1.50. The maximum absolute atomic E-state index is 12.6. The summed E-state index contributed by atoms with van der Waals surface area (Å²) < 4.78 is 5.45. The van der Waals surface area contributed by atoms with Gasteiger partial charge < -0.3 is 21.5 Å². The second kappa shape index (κ2) is 30.0. The molecule has 0 aromatic rings. The van der Waals surface area contributed by atoms with Crippen molar-refractivity contribution in [3.05, 3.63) is 0 Å². The maximum Gasteiger partial charge on any atom is 0.306 e. The van der Waals surface area contributed by atoms with Gasteiger partial charge >= 0.3 is 5.97 Å². The summed E-state index contributed by atoms with van der Waals surface area (Å²) in [7, 11) is 0. The zero-order chi connectivity index (χ0) is 27.4. The fourth-order valence-electron chi connectivity index (χ4n) is 4.52. The number of nitrogens with two attached hydrogens (primary N) is 2. The molecule has 0 bridgehead atoms. The third-order valence-electron chi connectivity index (χ3n) is 6.88. The van der Waals surface area contributed by atoms with Crippen LogP contribution in [0.5, 0.6) is 0 Å². The monoisotopic (exact) mass is 560 g/mol.